The summed E-state index contributed by atoms with van der Waals surface area (Å²) in [6.45, 7) is 8.59. The number of thiazole rings is 1. The summed E-state index contributed by atoms with van der Waals surface area (Å²) in [4.78, 5) is 4.62. The highest BCUT2D eigenvalue weighted by atomic mass is 79.9. The predicted octanol–water partition coefficient (Wildman–Crippen LogP) is 4.79. The van der Waals surface area contributed by atoms with Gasteiger partial charge in [-0.25, -0.2) is 4.98 Å². The Bertz CT molecular complexity index is 565. The highest BCUT2D eigenvalue weighted by Gasteiger charge is 2.15. The zero-order valence-electron chi connectivity index (χ0n) is 12.9. The highest BCUT2D eigenvalue weighted by molar-refractivity contribution is 9.10. The molecule has 1 aromatic carbocycles. The van der Waals surface area contributed by atoms with Gasteiger partial charge in [0.1, 0.15) is 0 Å². The van der Waals surface area contributed by atoms with E-state index in [4.69, 9.17) is 0 Å². The van der Waals surface area contributed by atoms with Crippen molar-refractivity contribution in [1.82, 2.24) is 10.3 Å². The van der Waals surface area contributed by atoms with Crippen LogP contribution in [-0.2, 0) is 6.42 Å². The van der Waals surface area contributed by atoms with Crippen LogP contribution in [0.1, 0.15) is 36.0 Å². The number of halogens is 1. The molecule has 0 amide bonds. The summed E-state index contributed by atoms with van der Waals surface area (Å²) in [6, 6.07) is 8.63. The molecule has 0 bridgehead atoms. The lowest BCUT2D eigenvalue weighted by Crippen LogP contribution is -2.26. The Labute approximate surface area is 140 Å². The van der Waals surface area contributed by atoms with Crippen LogP contribution in [-0.4, -0.2) is 18.1 Å². The number of nitrogens with one attached hydrogen (secondary N) is 1. The molecule has 0 radical (unpaired) electrons. The molecule has 114 valence electrons. The molecule has 0 aliphatic rings. The Morgan fingerprint density at radius 2 is 2.10 bits per heavy atom. The van der Waals surface area contributed by atoms with Gasteiger partial charge in [-0.1, -0.05) is 41.9 Å². The number of aryl methyl sites for hydroxylation is 1. The second-order valence-electron chi connectivity index (χ2n) is 5.89. The van der Waals surface area contributed by atoms with E-state index >= 15 is 0 Å². The molecule has 1 atom stereocenters. The Kier molecular flexibility index (Phi) is 6.40. The van der Waals surface area contributed by atoms with Crippen LogP contribution in [0.5, 0.6) is 0 Å². The van der Waals surface area contributed by atoms with Crippen LogP contribution in [0.3, 0.4) is 0 Å². The van der Waals surface area contributed by atoms with Gasteiger partial charge in [0.2, 0.25) is 0 Å². The standard InChI is InChI=1S/C17H23BrN2S/c1-12(2)9-19-10-15(8-17-20-13(3)11-21-17)14-5-4-6-16(18)7-14/h4-7,11-12,15,19H,8-10H2,1-3H3. The number of rotatable bonds is 7. The monoisotopic (exact) mass is 366 g/mol. The number of benzene rings is 1. The molecule has 2 nitrogen and oxygen atoms in total. The average molecular weight is 367 g/mol. The van der Waals surface area contributed by atoms with Crippen molar-refractivity contribution >= 4 is 27.3 Å². The molecule has 2 aromatic rings. The van der Waals surface area contributed by atoms with E-state index in [9.17, 15) is 0 Å². The fraction of sp³-hybridized carbons (Fsp3) is 0.471. The average Bonchev–Trinajstić information content (AvgIpc) is 2.83. The molecular formula is C17H23BrN2S. The minimum atomic E-state index is 0.465. The first-order valence-corrected chi connectivity index (χ1v) is 9.09. The highest BCUT2D eigenvalue weighted by Crippen LogP contribution is 2.25. The molecule has 1 aromatic heterocycles. The maximum absolute atomic E-state index is 4.62. The van der Waals surface area contributed by atoms with Crippen molar-refractivity contribution in [1.29, 1.82) is 0 Å². The zero-order valence-corrected chi connectivity index (χ0v) is 15.3. The van der Waals surface area contributed by atoms with Crippen molar-refractivity contribution in [2.75, 3.05) is 13.1 Å². The van der Waals surface area contributed by atoms with E-state index in [0.717, 1.165) is 29.7 Å². The molecule has 0 saturated heterocycles. The molecule has 0 aliphatic carbocycles. The van der Waals surface area contributed by atoms with Crippen molar-refractivity contribution in [3.8, 4) is 0 Å². The maximum Gasteiger partial charge on any atom is 0.0934 e. The van der Waals surface area contributed by atoms with E-state index < -0.39 is 0 Å². The van der Waals surface area contributed by atoms with E-state index in [1.165, 1.54) is 10.6 Å². The summed E-state index contributed by atoms with van der Waals surface area (Å²) in [5.41, 5.74) is 2.49. The molecular weight excluding hydrogens is 344 g/mol. The second kappa shape index (κ2) is 8.06. The minimum absolute atomic E-state index is 0.465. The molecule has 4 heteroatoms. The Hall–Kier alpha value is -0.710. The molecule has 2 rings (SSSR count). The van der Waals surface area contributed by atoms with E-state index in [1.54, 1.807) is 11.3 Å². The van der Waals surface area contributed by atoms with Crippen molar-refractivity contribution in [3.63, 3.8) is 0 Å². The molecule has 21 heavy (non-hydrogen) atoms. The van der Waals surface area contributed by atoms with Crippen LogP contribution in [0, 0.1) is 12.8 Å². The summed E-state index contributed by atoms with van der Waals surface area (Å²) in [5, 5.41) is 6.95. The molecule has 0 spiro atoms. The predicted molar refractivity (Wildman–Crippen MR) is 95.1 cm³/mol. The number of aromatic nitrogens is 1. The van der Waals surface area contributed by atoms with Crippen LogP contribution >= 0.6 is 27.3 Å². The van der Waals surface area contributed by atoms with Crippen LogP contribution in [0.25, 0.3) is 0 Å². The first-order valence-electron chi connectivity index (χ1n) is 7.41. The van der Waals surface area contributed by atoms with Crippen LogP contribution in [0.2, 0.25) is 0 Å². The maximum atomic E-state index is 4.62. The lowest BCUT2D eigenvalue weighted by Gasteiger charge is -2.18. The Morgan fingerprint density at radius 1 is 1.29 bits per heavy atom. The van der Waals surface area contributed by atoms with E-state index in [2.05, 4.69) is 76.6 Å². The number of hydrogen-bond donors (Lipinski definition) is 1. The largest absolute Gasteiger partial charge is 0.316 e. The third-order valence-electron chi connectivity index (χ3n) is 3.35. The van der Waals surface area contributed by atoms with Crippen molar-refractivity contribution in [2.45, 2.75) is 33.1 Å². The minimum Gasteiger partial charge on any atom is -0.316 e. The van der Waals surface area contributed by atoms with Crippen molar-refractivity contribution < 1.29 is 0 Å². The van der Waals surface area contributed by atoms with Gasteiger partial charge in [-0.2, -0.15) is 0 Å². The summed E-state index contributed by atoms with van der Waals surface area (Å²) in [7, 11) is 0. The normalized spacial score (nSPS) is 12.8. The quantitative estimate of drug-likeness (QED) is 0.761. The summed E-state index contributed by atoms with van der Waals surface area (Å²) >= 11 is 5.34. The van der Waals surface area contributed by atoms with Crippen LogP contribution in [0.15, 0.2) is 34.1 Å². The third-order valence-corrected chi connectivity index (χ3v) is 4.83. The van der Waals surface area contributed by atoms with Gasteiger partial charge in [0.25, 0.3) is 0 Å². The fourth-order valence-electron chi connectivity index (χ4n) is 2.32. The second-order valence-corrected chi connectivity index (χ2v) is 7.75. The van der Waals surface area contributed by atoms with E-state index in [-0.39, 0.29) is 0 Å². The fourth-order valence-corrected chi connectivity index (χ4v) is 3.59. The number of nitrogens with zero attached hydrogens (tertiary/aromatic N) is 1. The first kappa shape index (κ1) is 16.7. The van der Waals surface area contributed by atoms with E-state index in [0.29, 0.717) is 11.8 Å². The lowest BCUT2D eigenvalue weighted by atomic mass is 9.95. The smallest absolute Gasteiger partial charge is 0.0934 e. The number of hydrogen-bond acceptors (Lipinski definition) is 3. The molecule has 1 N–H and O–H groups in total. The van der Waals surface area contributed by atoms with Crippen molar-refractivity contribution in [2.24, 2.45) is 5.92 Å². The van der Waals surface area contributed by atoms with Gasteiger partial charge in [-0.15, -0.1) is 11.3 Å². The van der Waals surface area contributed by atoms with Crippen molar-refractivity contribution in [3.05, 3.63) is 50.4 Å². The Morgan fingerprint density at radius 3 is 2.71 bits per heavy atom. The molecule has 0 fully saturated rings. The van der Waals surface area contributed by atoms with E-state index in [1.807, 2.05) is 0 Å². The SMILES string of the molecule is Cc1csc(CC(CNCC(C)C)c2cccc(Br)c2)n1. The topological polar surface area (TPSA) is 24.9 Å². The van der Waals surface area contributed by atoms with Gasteiger partial charge < -0.3 is 5.32 Å². The van der Waals surface area contributed by atoms with Crippen LogP contribution < -0.4 is 5.32 Å². The molecule has 1 unspecified atom stereocenters. The molecule has 0 saturated carbocycles. The zero-order chi connectivity index (χ0) is 15.2. The molecule has 1 heterocycles. The third kappa shape index (κ3) is 5.53. The van der Waals surface area contributed by atoms with Gasteiger partial charge in [0, 0.05) is 34.4 Å². The van der Waals surface area contributed by atoms with Crippen LogP contribution in [0.4, 0.5) is 0 Å². The summed E-state index contributed by atoms with van der Waals surface area (Å²) < 4.78 is 1.14. The van der Waals surface area contributed by atoms with Gasteiger partial charge in [-0.3, -0.25) is 0 Å². The van der Waals surface area contributed by atoms with Gasteiger partial charge in [-0.05, 0) is 37.1 Å². The van der Waals surface area contributed by atoms with Gasteiger partial charge >= 0.3 is 0 Å². The molecule has 0 aliphatic heterocycles. The van der Waals surface area contributed by atoms with Gasteiger partial charge in [0.15, 0.2) is 0 Å². The summed E-state index contributed by atoms with van der Waals surface area (Å²) in [6.07, 6.45) is 1.00. The lowest BCUT2D eigenvalue weighted by molar-refractivity contribution is 0.513. The summed E-state index contributed by atoms with van der Waals surface area (Å²) in [5.74, 6) is 1.14. The Balaban J connectivity index is 2.09. The van der Waals surface area contributed by atoms with Gasteiger partial charge in [0.05, 0.1) is 5.01 Å². The first-order chi connectivity index (χ1) is 10.0.